The van der Waals surface area contributed by atoms with Crippen molar-refractivity contribution in [1.29, 1.82) is 0 Å². The van der Waals surface area contributed by atoms with Crippen LogP contribution in [0.4, 0.5) is 4.39 Å². The van der Waals surface area contributed by atoms with Crippen LogP contribution in [0.3, 0.4) is 0 Å². The van der Waals surface area contributed by atoms with Crippen molar-refractivity contribution in [3.05, 3.63) is 54.1 Å². The summed E-state index contributed by atoms with van der Waals surface area (Å²) in [5, 5.41) is 14.0. The molecular formula is C16H18FN3O2. The number of aromatic nitrogens is 2. The SMILES string of the molecule is O=C(CCn1cccn1)N1C[C@H](O)C[C@@H]1c1ccc(F)cc1. The van der Waals surface area contributed by atoms with E-state index in [0.29, 0.717) is 25.9 Å². The number of rotatable bonds is 4. The van der Waals surface area contributed by atoms with E-state index in [-0.39, 0.29) is 17.8 Å². The number of halogens is 1. The summed E-state index contributed by atoms with van der Waals surface area (Å²) < 4.78 is 14.7. The number of amides is 1. The lowest BCUT2D eigenvalue weighted by Gasteiger charge is -2.25. The van der Waals surface area contributed by atoms with Crippen molar-refractivity contribution < 1.29 is 14.3 Å². The van der Waals surface area contributed by atoms with Gasteiger partial charge in [-0.2, -0.15) is 5.10 Å². The first-order valence-corrected chi connectivity index (χ1v) is 7.34. The van der Waals surface area contributed by atoms with Gasteiger partial charge in [0.15, 0.2) is 0 Å². The molecule has 0 bridgehead atoms. The Morgan fingerprint density at radius 3 is 2.82 bits per heavy atom. The van der Waals surface area contributed by atoms with E-state index >= 15 is 0 Å². The van der Waals surface area contributed by atoms with Crippen molar-refractivity contribution in [2.45, 2.75) is 31.5 Å². The molecule has 0 spiro atoms. The highest BCUT2D eigenvalue weighted by molar-refractivity contribution is 5.77. The Morgan fingerprint density at radius 1 is 1.36 bits per heavy atom. The van der Waals surface area contributed by atoms with Crippen LogP contribution in [0.15, 0.2) is 42.7 Å². The first kappa shape index (κ1) is 14.7. The van der Waals surface area contributed by atoms with Crippen molar-refractivity contribution in [1.82, 2.24) is 14.7 Å². The van der Waals surface area contributed by atoms with Gasteiger partial charge in [-0.1, -0.05) is 12.1 Å². The normalized spacial score (nSPS) is 21.3. The second-order valence-corrected chi connectivity index (χ2v) is 5.52. The zero-order valence-corrected chi connectivity index (χ0v) is 12.1. The van der Waals surface area contributed by atoms with E-state index in [1.165, 1.54) is 12.1 Å². The van der Waals surface area contributed by atoms with Gasteiger partial charge >= 0.3 is 0 Å². The lowest BCUT2D eigenvalue weighted by Crippen LogP contribution is -2.32. The van der Waals surface area contributed by atoms with E-state index in [0.717, 1.165) is 5.56 Å². The van der Waals surface area contributed by atoms with Gasteiger partial charge in [0, 0.05) is 31.9 Å². The van der Waals surface area contributed by atoms with Crippen LogP contribution in [0.25, 0.3) is 0 Å². The van der Waals surface area contributed by atoms with Gasteiger partial charge in [-0.15, -0.1) is 0 Å². The average Bonchev–Trinajstić information content (AvgIpc) is 3.15. The average molecular weight is 303 g/mol. The van der Waals surface area contributed by atoms with Crippen LogP contribution in [0.1, 0.15) is 24.4 Å². The molecule has 1 N–H and O–H groups in total. The summed E-state index contributed by atoms with van der Waals surface area (Å²) in [6.07, 6.45) is 3.75. The number of carbonyl (C=O) groups excluding carboxylic acids is 1. The van der Waals surface area contributed by atoms with Gasteiger partial charge in [-0.25, -0.2) is 4.39 Å². The smallest absolute Gasteiger partial charge is 0.225 e. The Bertz CT molecular complexity index is 627. The lowest BCUT2D eigenvalue weighted by atomic mass is 10.0. The molecule has 2 atom stereocenters. The van der Waals surface area contributed by atoms with Crippen molar-refractivity contribution in [2.75, 3.05) is 6.54 Å². The number of carbonyl (C=O) groups is 1. The number of aryl methyl sites for hydroxylation is 1. The fourth-order valence-electron chi connectivity index (χ4n) is 2.88. The Hall–Kier alpha value is -2.21. The predicted molar refractivity (Wildman–Crippen MR) is 78.3 cm³/mol. The number of β-amino-alcohol motifs (C(OH)–C–C–N with tert-alkyl or cyclic N) is 1. The van der Waals surface area contributed by atoms with Gasteiger partial charge in [0.05, 0.1) is 12.1 Å². The summed E-state index contributed by atoms with van der Waals surface area (Å²) >= 11 is 0. The highest BCUT2D eigenvalue weighted by Crippen LogP contribution is 2.32. The molecule has 2 aromatic rings. The highest BCUT2D eigenvalue weighted by Gasteiger charge is 2.34. The molecule has 1 saturated heterocycles. The van der Waals surface area contributed by atoms with Crippen LogP contribution >= 0.6 is 0 Å². The van der Waals surface area contributed by atoms with Gasteiger partial charge in [0.1, 0.15) is 5.82 Å². The molecule has 0 radical (unpaired) electrons. The molecule has 1 amide bonds. The third kappa shape index (κ3) is 3.17. The maximum atomic E-state index is 13.0. The molecule has 1 aromatic carbocycles. The number of aliphatic hydroxyl groups excluding tert-OH is 1. The van der Waals surface area contributed by atoms with Crippen LogP contribution in [0.2, 0.25) is 0 Å². The molecule has 0 unspecified atom stereocenters. The number of hydrogen-bond donors (Lipinski definition) is 1. The Kier molecular flexibility index (Phi) is 4.20. The summed E-state index contributed by atoms with van der Waals surface area (Å²) in [5.41, 5.74) is 0.852. The summed E-state index contributed by atoms with van der Waals surface area (Å²) in [7, 11) is 0. The van der Waals surface area contributed by atoms with Gasteiger partial charge < -0.3 is 10.0 Å². The minimum Gasteiger partial charge on any atom is -0.391 e. The largest absolute Gasteiger partial charge is 0.391 e. The minimum atomic E-state index is -0.538. The topological polar surface area (TPSA) is 58.4 Å². The second-order valence-electron chi connectivity index (χ2n) is 5.52. The van der Waals surface area contributed by atoms with E-state index in [9.17, 15) is 14.3 Å². The van der Waals surface area contributed by atoms with Crippen LogP contribution in [0.5, 0.6) is 0 Å². The van der Waals surface area contributed by atoms with Crippen LogP contribution in [0, 0.1) is 5.82 Å². The van der Waals surface area contributed by atoms with Crippen LogP contribution in [-0.4, -0.2) is 38.3 Å². The van der Waals surface area contributed by atoms with E-state index in [1.807, 2.05) is 12.3 Å². The number of hydrogen-bond acceptors (Lipinski definition) is 3. The molecule has 5 nitrogen and oxygen atoms in total. The lowest BCUT2D eigenvalue weighted by molar-refractivity contribution is -0.132. The highest BCUT2D eigenvalue weighted by atomic mass is 19.1. The summed E-state index contributed by atoms with van der Waals surface area (Å²) in [4.78, 5) is 14.1. The summed E-state index contributed by atoms with van der Waals surface area (Å²) in [5.74, 6) is -0.333. The Balaban J connectivity index is 1.69. The molecule has 3 rings (SSSR count). The minimum absolute atomic E-state index is 0.0265. The van der Waals surface area contributed by atoms with Crippen LogP contribution < -0.4 is 0 Å². The van der Waals surface area contributed by atoms with Crippen LogP contribution in [-0.2, 0) is 11.3 Å². The molecule has 6 heteroatoms. The van der Waals surface area contributed by atoms with Gasteiger partial charge in [0.2, 0.25) is 5.91 Å². The zero-order valence-electron chi connectivity index (χ0n) is 12.1. The molecule has 1 fully saturated rings. The number of likely N-dealkylation sites (tertiary alicyclic amines) is 1. The van der Waals surface area contributed by atoms with E-state index in [2.05, 4.69) is 5.10 Å². The van der Waals surface area contributed by atoms with Gasteiger partial charge in [-0.3, -0.25) is 9.48 Å². The second kappa shape index (κ2) is 6.27. The van der Waals surface area contributed by atoms with Crippen molar-refractivity contribution in [3.63, 3.8) is 0 Å². The number of nitrogens with zero attached hydrogens (tertiary/aromatic N) is 3. The summed E-state index contributed by atoms with van der Waals surface area (Å²) in [6.45, 7) is 0.828. The van der Waals surface area contributed by atoms with E-state index in [1.54, 1.807) is 27.9 Å². The van der Waals surface area contributed by atoms with Gasteiger partial charge in [0.25, 0.3) is 0 Å². The fourth-order valence-corrected chi connectivity index (χ4v) is 2.88. The molecule has 0 aliphatic carbocycles. The number of aliphatic hydroxyl groups is 1. The zero-order chi connectivity index (χ0) is 15.5. The van der Waals surface area contributed by atoms with E-state index < -0.39 is 6.10 Å². The molecule has 1 aromatic heterocycles. The molecule has 0 saturated carbocycles. The molecule has 116 valence electrons. The molecule has 22 heavy (non-hydrogen) atoms. The van der Waals surface area contributed by atoms with Crippen molar-refractivity contribution >= 4 is 5.91 Å². The standard InChI is InChI=1S/C16H18FN3O2/c17-13-4-2-12(3-5-13)15-10-14(21)11-20(15)16(22)6-9-19-8-1-7-18-19/h1-5,7-8,14-15,21H,6,9-11H2/t14-,15-/m1/s1. The van der Waals surface area contributed by atoms with Gasteiger partial charge in [-0.05, 0) is 30.2 Å². The van der Waals surface area contributed by atoms with Crippen molar-refractivity contribution in [3.8, 4) is 0 Å². The maximum Gasteiger partial charge on any atom is 0.225 e. The molecule has 1 aliphatic rings. The summed E-state index contributed by atoms with van der Waals surface area (Å²) in [6, 6.07) is 7.72. The fraction of sp³-hybridized carbons (Fsp3) is 0.375. The third-order valence-corrected chi connectivity index (χ3v) is 3.97. The maximum absolute atomic E-state index is 13.0. The molecule has 1 aliphatic heterocycles. The molecule has 2 heterocycles. The Labute approximate surface area is 128 Å². The predicted octanol–water partition coefficient (Wildman–Crippen LogP) is 1.75. The first-order valence-electron chi connectivity index (χ1n) is 7.34. The third-order valence-electron chi connectivity index (χ3n) is 3.97. The van der Waals surface area contributed by atoms with Crippen molar-refractivity contribution in [2.24, 2.45) is 0 Å². The van der Waals surface area contributed by atoms with E-state index in [4.69, 9.17) is 0 Å². The monoisotopic (exact) mass is 303 g/mol. The Morgan fingerprint density at radius 2 is 2.14 bits per heavy atom. The quantitative estimate of drug-likeness (QED) is 0.936. The number of benzene rings is 1. The molecular weight excluding hydrogens is 285 g/mol. The first-order chi connectivity index (χ1) is 10.6.